The lowest BCUT2D eigenvalue weighted by molar-refractivity contribution is 0.436. The lowest BCUT2D eigenvalue weighted by atomic mass is 10.1. The summed E-state index contributed by atoms with van der Waals surface area (Å²) >= 11 is 5.89. The highest BCUT2D eigenvalue weighted by Gasteiger charge is 2.10. The second kappa shape index (κ2) is 6.08. The average molecular weight is 231 g/mol. The van der Waals surface area contributed by atoms with E-state index in [1.54, 1.807) is 11.0 Å². The number of aryl methyl sites for hydroxylation is 1. The van der Waals surface area contributed by atoms with Gasteiger partial charge in [-0.25, -0.2) is 4.98 Å². The molecule has 86 valence electrons. The van der Waals surface area contributed by atoms with E-state index >= 15 is 0 Å². The number of aromatic nitrogens is 3. The fraction of sp³-hybridized carbons (Fsp3) is 0.800. The molecule has 0 fully saturated rings. The third-order valence-corrected chi connectivity index (χ3v) is 2.67. The summed E-state index contributed by atoms with van der Waals surface area (Å²) in [5.74, 6) is 2.23. The number of hydrogen-bond acceptors (Lipinski definition) is 3. The molecule has 0 amide bonds. The molecule has 1 atom stereocenters. The molecule has 4 nitrogen and oxygen atoms in total. The Morgan fingerprint density at radius 3 is 2.73 bits per heavy atom. The van der Waals surface area contributed by atoms with E-state index < -0.39 is 0 Å². The number of alkyl halides is 1. The van der Waals surface area contributed by atoms with Crippen LogP contribution in [0, 0.1) is 5.92 Å². The van der Waals surface area contributed by atoms with Crippen LogP contribution in [0.15, 0.2) is 6.33 Å². The second-order valence-electron chi connectivity index (χ2n) is 4.16. The van der Waals surface area contributed by atoms with E-state index in [1.165, 1.54) is 0 Å². The fourth-order valence-electron chi connectivity index (χ4n) is 1.49. The first-order chi connectivity index (χ1) is 7.13. The lowest BCUT2D eigenvalue weighted by Gasteiger charge is -2.17. The molecular formula is C10H19ClN4. The van der Waals surface area contributed by atoms with Crippen LogP contribution in [0.2, 0.25) is 0 Å². The van der Waals surface area contributed by atoms with E-state index in [0.717, 1.165) is 18.8 Å². The van der Waals surface area contributed by atoms with Crippen molar-refractivity contribution in [3.05, 3.63) is 12.2 Å². The van der Waals surface area contributed by atoms with Gasteiger partial charge in [-0.05, 0) is 12.3 Å². The van der Waals surface area contributed by atoms with Crippen LogP contribution in [0.1, 0.15) is 26.1 Å². The van der Waals surface area contributed by atoms with Gasteiger partial charge in [0, 0.05) is 19.0 Å². The summed E-state index contributed by atoms with van der Waals surface area (Å²) in [7, 11) is 1.89. The number of nitrogens with zero attached hydrogens (tertiary/aromatic N) is 3. The predicted molar refractivity (Wildman–Crippen MR) is 61.8 cm³/mol. The Bertz CT molecular complexity index is 285. The SMILES string of the molecule is CC(C)CC(CCl)NCc1ncnn1C. The van der Waals surface area contributed by atoms with Crippen molar-refractivity contribution in [2.75, 3.05) is 5.88 Å². The Balaban J connectivity index is 2.37. The number of halogens is 1. The first-order valence-corrected chi connectivity index (χ1v) is 5.79. The zero-order chi connectivity index (χ0) is 11.3. The Labute approximate surface area is 96.0 Å². The van der Waals surface area contributed by atoms with E-state index in [1.807, 2.05) is 7.05 Å². The van der Waals surface area contributed by atoms with Gasteiger partial charge in [0.15, 0.2) is 0 Å². The summed E-state index contributed by atoms with van der Waals surface area (Å²) in [6, 6.07) is 0.350. The van der Waals surface area contributed by atoms with Crippen molar-refractivity contribution in [3.63, 3.8) is 0 Å². The van der Waals surface area contributed by atoms with Crippen molar-refractivity contribution in [2.45, 2.75) is 32.9 Å². The molecule has 1 unspecified atom stereocenters. The van der Waals surface area contributed by atoms with Gasteiger partial charge in [-0.3, -0.25) is 4.68 Å². The highest BCUT2D eigenvalue weighted by atomic mass is 35.5. The van der Waals surface area contributed by atoms with Gasteiger partial charge in [0.2, 0.25) is 0 Å². The summed E-state index contributed by atoms with van der Waals surface area (Å²) in [6.45, 7) is 5.12. The molecule has 1 N–H and O–H groups in total. The van der Waals surface area contributed by atoms with Crippen molar-refractivity contribution >= 4 is 11.6 Å². The van der Waals surface area contributed by atoms with Crippen molar-refractivity contribution in [3.8, 4) is 0 Å². The number of rotatable bonds is 6. The minimum absolute atomic E-state index is 0.350. The third-order valence-electron chi connectivity index (χ3n) is 2.30. The first-order valence-electron chi connectivity index (χ1n) is 5.25. The molecule has 0 aliphatic rings. The van der Waals surface area contributed by atoms with Crippen LogP contribution >= 0.6 is 11.6 Å². The largest absolute Gasteiger partial charge is 0.306 e. The molecule has 15 heavy (non-hydrogen) atoms. The van der Waals surface area contributed by atoms with E-state index in [0.29, 0.717) is 17.8 Å². The molecule has 1 heterocycles. The molecule has 0 saturated carbocycles. The third kappa shape index (κ3) is 4.18. The average Bonchev–Trinajstić information content (AvgIpc) is 2.58. The van der Waals surface area contributed by atoms with Gasteiger partial charge in [-0.15, -0.1) is 11.6 Å². The van der Waals surface area contributed by atoms with E-state index in [2.05, 4.69) is 29.2 Å². The standard InChI is InChI=1S/C10H19ClN4/c1-8(2)4-9(5-11)12-6-10-13-7-14-15(10)3/h7-9,12H,4-6H2,1-3H3. The first kappa shape index (κ1) is 12.5. The maximum Gasteiger partial charge on any atom is 0.140 e. The lowest BCUT2D eigenvalue weighted by Crippen LogP contribution is -2.32. The Hall–Kier alpha value is -0.610. The zero-order valence-electron chi connectivity index (χ0n) is 9.57. The minimum atomic E-state index is 0.350. The molecular weight excluding hydrogens is 212 g/mol. The number of hydrogen-bond donors (Lipinski definition) is 1. The summed E-state index contributed by atoms with van der Waals surface area (Å²) in [6.07, 6.45) is 2.65. The molecule has 1 rings (SSSR count). The van der Waals surface area contributed by atoms with Gasteiger partial charge in [0.1, 0.15) is 12.2 Å². The van der Waals surface area contributed by atoms with Gasteiger partial charge in [-0.1, -0.05) is 13.8 Å². The maximum atomic E-state index is 5.89. The summed E-state index contributed by atoms with van der Waals surface area (Å²) in [4.78, 5) is 4.15. The summed E-state index contributed by atoms with van der Waals surface area (Å²) < 4.78 is 1.77. The highest BCUT2D eigenvalue weighted by Crippen LogP contribution is 2.06. The fourth-order valence-corrected chi connectivity index (χ4v) is 1.72. The van der Waals surface area contributed by atoms with Gasteiger partial charge in [-0.2, -0.15) is 5.10 Å². The van der Waals surface area contributed by atoms with E-state index in [9.17, 15) is 0 Å². The molecule has 0 radical (unpaired) electrons. The molecule has 1 aromatic heterocycles. The summed E-state index contributed by atoms with van der Waals surface area (Å²) in [5.41, 5.74) is 0. The van der Waals surface area contributed by atoms with Gasteiger partial charge >= 0.3 is 0 Å². The molecule has 0 bridgehead atoms. The van der Waals surface area contributed by atoms with Crippen molar-refractivity contribution in [2.24, 2.45) is 13.0 Å². The van der Waals surface area contributed by atoms with Crippen molar-refractivity contribution in [1.29, 1.82) is 0 Å². The van der Waals surface area contributed by atoms with Crippen LogP contribution in [0.5, 0.6) is 0 Å². The highest BCUT2D eigenvalue weighted by molar-refractivity contribution is 6.18. The molecule has 5 heteroatoms. The number of nitrogens with one attached hydrogen (secondary N) is 1. The quantitative estimate of drug-likeness (QED) is 0.755. The van der Waals surface area contributed by atoms with Crippen LogP contribution in [-0.2, 0) is 13.6 Å². The van der Waals surface area contributed by atoms with E-state index in [-0.39, 0.29) is 0 Å². The molecule has 0 spiro atoms. The minimum Gasteiger partial charge on any atom is -0.306 e. The van der Waals surface area contributed by atoms with Gasteiger partial charge in [0.25, 0.3) is 0 Å². The van der Waals surface area contributed by atoms with Crippen LogP contribution in [0.3, 0.4) is 0 Å². The van der Waals surface area contributed by atoms with Crippen LogP contribution < -0.4 is 5.32 Å². The van der Waals surface area contributed by atoms with Crippen LogP contribution in [-0.4, -0.2) is 26.7 Å². The van der Waals surface area contributed by atoms with Gasteiger partial charge < -0.3 is 5.32 Å². The Morgan fingerprint density at radius 2 is 2.27 bits per heavy atom. The second-order valence-corrected chi connectivity index (χ2v) is 4.47. The maximum absolute atomic E-state index is 5.89. The topological polar surface area (TPSA) is 42.7 Å². The van der Waals surface area contributed by atoms with Crippen molar-refractivity contribution < 1.29 is 0 Å². The molecule has 1 aromatic rings. The Morgan fingerprint density at radius 1 is 1.53 bits per heavy atom. The molecule has 0 aromatic carbocycles. The molecule has 0 aliphatic carbocycles. The smallest absolute Gasteiger partial charge is 0.140 e. The van der Waals surface area contributed by atoms with Crippen LogP contribution in [0.4, 0.5) is 0 Å². The van der Waals surface area contributed by atoms with Crippen molar-refractivity contribution in [1.82, 2.24) is 20.1 Å². The molecule has 0 saturated heterocycles. The van der Waals surface area contributed by atoms with Crippen LogP contribution in [0.25, 0.3) is 0 Å². The van der Waals surface area contributed by atoms with E-state index in [4.69, 9.17) is 11.6 Å². The monoisotopic (exact) mass is 230 g/mol. The van der Waals surface area contributed by atoms with Gasteiger partial charge in [0.05, 0.1) is 6.54 Å². The molecule has 0 aliphatic heterocycles. The normalized spacial score (nSPS) is 13.4. The summed E-state index contributed by atoms with van der Waals surface area (Å²) in [5, 5.41) is 7.40. The Kier molecular flexibility index (Phi) is 5.05. The predicted octanol–water partition coefficient (Wildman–Crippen LogP) is 1.56. The zero-order valence-corrected chi connectivity index (χ0v) is 10.3.